The van der Waals surface area contributed by atoms with Crippen LogP contribution >= 0.6 is 0 Å². The third-order valence-corrected chi connectivity index (χ3v) is 2.68. The average molecular weight is 282 g/mol. The summed E-state index contributed by atoms with van der Waals surface area (Å²) >= 11 is 0. The minimum atomic E-state index is -0.281. The van der Waals surface area contributed by atoms with Crippen molar-refractivity contribution < 1.29 is 13.9 Å². The molecule has 0 aliphatic carbocycles. The lowest BCUT2D eigenvalue weighted by molar-refractivity contribution is -0.122. The van der Waals surface area contributed by atoms with E-state index in [2.05, 4.69) is 19.2 Å². The van der Waals surface area contributed by atoms with Gasteiger partial charge in [-0.2, -0.15) is 0 Å². The molecule has 1 N–H and O–H groups in total. The largest absolute Gasteiger partial charge is 0.492 e. The van der Waals surface area contributed by atoms with Crippen molar-refractivity contribution in [3.05, 3.63) is 30.1 Å². The van der Waals surface area contributed by atoms with Gasteiger partial charge in [0.25, 0.3) is 0 Å². The Kier molecular flexibility index (Phi) is 7.01. The zero-order valence-electron chi connectivity index (χ0n) is 12.4. The standard InChI is InChI=1S/C15H23FN2O2/c1-12(2)10-17-15(19)11-18(3)8-9-20-14-6-4-13(16)5-7-14/h4-7,12H,8-11H2,1-3H3,(H,17,19). The van der Waals surface area contributed by atoms with Crippen LogP contribution in [0.4, 0.5) is 4.39 Å². The monoisotopic (exact) mass is 282 g/mol. The summed E-state index contributed by atoms with van der Waals surface area (Å²) in [5, 5.41) is 2.86. The minimum Gasteiger partial charge on any atom is -0.492 e. The lowest BCUT2D eigenvalue weighted by Crippen LogP contribution is -2.38. The van der Waals surface area contributed by atoms with Crippen LogP contribution < -0.4 is 10.1 Å². The molecule has 0 heterocycles. The van der Waals surface area contributed by atoms with Crippen LogP contribution in [0.3, 0.4) is 0 Å². The first-order valence-corrected chi connectivity index (χ1v) is 6.81. The van der Waals surface area contributed by atoms with Crippen LogP contribution in [0, 0.1) is 11.7 Å². The summed E-state index contributed by atoms with van der Waals surface area (Å²) in [4.78, 5) is 13.5. The molecule has 1 aromatic rings. The van der Waals surface area contributed by atoms with E-state index in [1.54, 1.807) is 12.1 Å². The van der Waals surface area contributed by atoms with Gasteiger partial charge >= 0.3 is 0 Å². The molecular formula is C15H23FN2O2. The van der Waals surface area contributed by atoms with Crippen LogP contribution in [-0.2, 0) is 4.79 Å². The molecule has 20 heavy (non-hydrogen) atoms. The summed E-state index contributed by atoms with van der Waals surface area (Å²) < 4.78 is 18.2. The Morgan fingerprint density at radius 1 is 1.35 bits per heavy atom. The molecule has 1 amide bonds. The Hall–Kier alpha value is -1.62. The van der Waals surface area contributed by atoms with Gasteiger partial charge in [-0.05, 0) is 37.2 Å². The molecule has 1 rings (SSSR count). The summed E-state index contributed by atoms with van der Waals surface area (Å²) in [6, 6.07) is 5.90. The molecular weight excluding hydrogens is 259 g/mol. The van der Waals surface area contributed by atoms with Gasteiger partial charge in [0.15, 0.2) is 0 Å². The van der Waals surface area contributed by atoms with Crippen molar-refractivity contribution in [1.82, 2.24) is 10.2 Å². The molecule has 1 aromatic carbocycles. The second kappa shape index (κ2) is 8.53. The van der Waals surface area contributed by atoms with Crippen LogP contribution in [-0.4, -0.2) is 44.1 Å². The van der Waals surface area contributed by atoms with E-state index in [0.29, 0.717) is 37.9 Å². The Labute approximate surface area is 119 Å². The van der Waals surface area contributed by atoms with Crippen molar-refractivity contribution in [1.29, 1.82) is 0 Å². The summed E-state index contributed by atoms with van der Waals surface area (Å²) in [5.74, 6) is 0.814. The molecule has 0 bridgehead atoms. The number of carbonyl (C=O) groups is 1. The molecule has 5 heteroatoms. The number of nitrogens with zero attached hydrogens (tertiary/aromatic N) is 1. The van der Waals surface area contributed by atoms with Crippen molar-refractivity contribution >= 4 is 5.91 Å². The van der Waals surface area contributed by atoms with Gasteiger partial charge in [-0.1, -0.05) is 13.8 Å². The van der Waals surface area contributed by atoms with Gasteiger partial charge in [-0.3, -0.25) is 9.69 Å². The highest BCUT2D eigenvalue weighted by molar-refractivity contribution is 5.77. The Balaban J connectivity index is 2.18. The molecule has 112 valence electrons. The summed E-state index contributed by atoms with van der Waals surface area (Å²) in [7, 11) is 1.86. The van der Waals surface area contributed by atoms with E-state index in [1.807, 2.05) is 11.9 Å². The van der Waals surface area contributed by atoms with Crippen LogP contribution in [0.5, 0.6) is 5.75 Å². The van der Waals surface area contributed by atoms with Gasteiger partial charge in [-0.25, -0.2) is 4.39 Å². The molecule has 0 saturated heterocycles. The number of hydrogen-bond acceptors (Lipinski definition) is 3. The van der Waals surface area contributed by atoms with Gasteiger partial charge in [0.1, 0.15) is 18.2 Å². The first-order chi connectivity index (χ1) is 9.47. The fourth-order valence-electron chi connectivity index (χ4n) is 1.55. The number of benzene rings is 1. The fraction of sp³-hybridized carbons (Fsp3) is 0.533. The quantitative estimate of drug-likeness (QED) is 0.792. The lowest BCUT2D eigenvalue weighted by atomic mass is 10.2. The smallest absolute Gasteiger partial charge is 0.234 e. The maximum absolute atomic E-state index is 12.7. The summed E-state index contributed by atoms with van der Waals surface area (Å²) in [5.41, 5.74) is 0. The molecule has 0 spiro atoms. The highest BCUT2D eigenvalue weighted by atomic mass is 19.1. The number of hydrogen-bond donors (Lipinski definition) is 1. The molecule has 0 unspecified atom stereocenters. The molecule has 0 radical (unpaired) electrons. The molecule has 0 aliphatic rings. The predicted octanol–water partition coefficient (Wildman–Crippen LogP) is 1.91. The van der Waals surface area contributed by atoms with Crippen LogP contribution in [0.25, 0.3) is 0 Å². The van der Waals surface area contributed by atoms with E-state index in [-0.39, 0.29) is 11.7 Å². The van der Waals surface area contributed by atoms with Crippen LogP contribution in [0.15, 0.2) is 24.3 Å². The van der Waals surface area contributed by atoms with Crippen LogP contribution in [0.1, 0.15) is 13.8 Å². The van der Waals surface area contributed by atoms with E-state index in [4.69, 9.17) is 4.74 Å². The third kappa shape index (κ3) is 7.09. The zero-order chi connectivity index (χ0) is 15.0. The molecule has 0 saturated carbocycles. The minimum absolute atomic E-state index is 0.0167. The fourth-order valence-corrected chi connectivity index (χ4v) is 1.55. The zero-order valence-corrected chi connectivity index (χ0v) is 12.4. The van der Waals surface area contributed by atoms with Gasteiger partial charge in [0, 0.05) is 13.1 Å². The summed E-state index contributed by atoms with van der Waals surface area (Å²) in [6.07, 6.45) is 0. The number of carbonyl (C=O) groups excluding carboxylic acids is 1. The average Bonchev–Trinajstić information content (AvgIpc) is 2.38. The van der Waals surface area contributed by atoms with E-state index >= 15 is 0 Å². The highest BCUT2D eigenvalue weighted by Gasteiger charge is 2.06. The Morgan fingerprint density at radius 2 is 2.00 bits per heavy atom. The van der Waals surface area contributed by atoms with Crippen molar-refractivity contribution in [2.75, 3.05) is 33.3 Å². The second-order valence-corrected chi connectivity index (χ2v) is 5.24. The van der Waals surface area contributed by atoms with Crippen molar-refractivity contribution in [3.63, 3.8) is 0 Å². The van der Waals surface area contributed by atoms with Crippen molar-refractivity contribution in [2.45, 2.75) is 13.8 Å². The first-order valence-electron chi connectivity index (χ1n) is 6.81. The maximum Gasteiger partial charge on any atom is 0.234 e. The first kappa shape index (κ1) is 16.4. The lowest BCUT2D eigenvalue weighted by Gasteiger charge is -2.17. The number of halogens is 1. The van der Waals surface area contributed by atoms with E-state index in [1.165, 1.54) is 12.1 Å². The molecule has 0 aromatic heterocycles. The van der Waals surface area contributed by atoms with E-state index in [0.717, 1.165) is 0 Å². The SMILES string of the molecule is CC(C)CNC(=O)CN(C)CCOc1ccc(F)cc1. The number of rotatable bonds is 8. The van der Waals surface area contributed by atoms with Crippen molar-refractivity contribution in [2.24, 2.45) is 5.92 Å². The molecule has 4 nitrogen and oxygen atoms in total. The molecule has 0 fully saturated rings. The predicted molar refractivity (Wildman–Crippen MR) is 77.2 cm³/mol. The van der Waals surface area contributed by atoms with Crippen LogP contribution in [0.2, 0.25) is 0 Å². The van der Waals surface area contributed by atoms with Crippen molar-refractivity contribution in [3.8, 4) is 5.75 Å². The van der Waals surface area contributed by atoms with E-state index in [9.17, 15) is 9.18 Å². The topological polar surface area (TPSA) is 41.6 Å². The van der Waals surface area contributed by atoms with Gasteiger partial charge in [0.2, 0.25) is 5.91 Å². The van der Waals surface area contributed by atoms with E-state index < -0.39 is 0 Å². The van der Waals surface area contributed by atoms with Gasteiger partial charge in [-0.15, -0.1) is 0 Å². The maximum atomic E-state index is 12.7. The normalized spacial score (nSPS) is 10.9. The number of nitrogens with one attached hydrogen (secondary N) is 1. The number of amides is 1. The Morgan fingerprint density at radius 3 is 2.60 bits per heavy atom. The molecule has 0 aliphatic heterocycles. The van der Waals surface area contributed by atoms with Gasteiger partial charge < -0.3 is 10.1 Å². The molecule has 0 atom stereocenters. The van der Waals surface area contributed by atoms with Gasteiger partial charge in [0.05, 0.1) is 6.54 Å². The second-order valence-electron chi connectivity index (χ2n) is 5.24. The number of ether oxygens (including phenoxy) is 1. The highest BCUT2D eigenvalue weighted by Crippen LogP contribution is 2.10. The Bertz CT molecular complexity index is 407. The number of likely N-dealkylation sites (N-methyl/N-ethyl adjacent to an activating group) is 1. The summed E-state index contributed by atoms with van der Waals surface area (Å²) in [6.45, 7) is 6.24. The third-order valence-electron chi connectivity index (χ3n) is 2.68.